The molecule has 0 unspecified atom stereocenters. The summed E-state index contributed by atoms with van der Waals surface area (Å²) in [6.07, 6.45) is 0.886. The van der Waals surface area contributed by atoms with Crippen molar-refractivity contribution in [2.45, 2.75) is 19.8 Å². The van der Waals surface area contributed by atoms with Gasteiger partial charge in [0.25, 0.3) is 0 Å². The van der Waals surface area contributed by atoms with Gasteiger partial charge < -0.3 is 10.3 Å². The summed E-state index contributed by atoms with van der Waals surface area (Å²) in [5.74, 6) is -0.442. The van der Waals surface area contributed by atoms with Gasteiger partial charge in [-0.2, -0.15) is 0 Å². The highest BCUT2D eigenvalue weighted by Crippen LogP contribution is 2.25. The van der Waals surface area contributed by atoms with Crippen LogP contribution in [0, 0.1) is 12.7 Å². The predicted molar refractivity (Wildman–Crippen MR) is 94.9 cm³/mol. The largest absolute Gasteiger partial charge is 0.358 e. The minimum absolute atomic E-state index is 0.115. The van der Waals surface area contributed by atoms with Gasteiger partial charge in [0, 0.05) is 28.2 Å². The van der Waals surface area contributed by atoms with Crippen LogP contribution in [-0.2, 0) is 17.6 Å². The Balaban J connectivity index is 1.61. The minimum atomic E-state index is -0.327. The van der Waals surface area contributed by atoms with E-state index in [9.17, 15) is 9.18 Å². The molecule has 1 aromatic heterocycles. The van der Waals surface area contributed by atoms with Gasteiger partial charge in [0.1, 0.15) is 5.82 Å². The quantitative estimate of drug-likeness (QED) is 0.717. The lowest BCUT2D eigenvalue weighted by Gasteiger charge is -2.06. The Kier molecular flexibility index (Phi) is 4.86. The van der Waals surface area contributed by atoms with Crippen molar-refractivity contribution >= 4 is 28.4 Å². The summed E-state index contributed by atoms with van der Waals surface area (Å²) in [6, 6.07) is 11.8. The third-order valence-electron chi connectivity index (χ3n) is 4.03. The monoisotopic (exact) mass is 344 g/mol. The smallest absolute Gasteiger partial charge is 0.224 e. The molecule has 1 heterocycles. The number of hydrogen-bond donors (Lipinski definition) is 2. The number of aromatic amines is 1. The molecule has 0 aliphatic carbocycles. The molecule has 0 saturated heterocycles. The van der Waals surface area contributed by atoms with E-state index < -0.39 is 0 Å². The molecule has 0 radical (unpaired) electrons. The van der Waals surface area contributed by atoms with Crippen LogP contribution in [0.3, 0.4) is 0 Å². The van der Waals surface area contributed by atoms with Gasteiger partial charge in [-0.05, 0) is 54.8 Å². The molecule has 0 aliphatic rings. The van der Waals surface area contributed by atoms with E-state index in [0.29, 0.717) is 23.6 Å². The zero-order valence-electron chi connectivity index (χ0n) is 13.3. The SMILES string of the molecule is Cc1[nH]c2ccc(Cl)cc2c1CCNC(=O)Cc1cccc(F)c1. The van der Waals surface area contributed by atoms with Gasteiger partial charge in [0.15, 0.2) is 0 Å². The molecule has 2 N–H and O–H groups in total. The topological polar surface area (TPSA) is 44.9 Å². The van der Waals surface area contributed by atoms with Gasteiger partial charge in [-0.1, -0.05) is 23.7 Å². The normalized spacial score (nSPS) is 11.0. The molecule has 0 saturated carbocycles. The van der Waals surface area contributed by atoms with E-state index >= 15 is 0 Å². The van der Waals surface area contributed by atoms with Crippen LogP contribution in [0.1, 0.15) is 16.8 Å². The number of fused-ring (bicyclic) bond motifs is 1. The van der Waals surface area contributed by atoms with Crippen LogP contribution in [-0.4, -0.2) is 17.4 Å². The van der Waals surface area contributed by atoms with Crippen LogP contribution < -0.4 is 5.32 Å². The van der Waals surface area contributed by atoms with E-state index in [1.54, 1.807) is 12.1 Å². The highest BCUT2D eigenvalue weighted by atomic mass is 35.5. The first kappa shape index (κ1) is 16.5. The van der Waals surface area contributed by atoms with Gasteiger partial charge in [-0.3, -0.25) is 4.79 Å². The molecular formula is C19H18ClFN2O. The lowest BCUT2D eigenvalue weighted by molar-refractivity contribution is -0.120. The molecule has 2 aromatic carbocycles. The molecule has 0 aliphatic heterocycles. The minimum Gasteiger partial charge on any atom is -0.358 e. The summed E-state index contributed by atoms with van der Waals surface area (Å²) in [5.41, 5.74) is 3.94. The third kappa shape index (κ3) is 3.77. The van der Waals surface area contributed by atoms with Crippen molar-refractivity contribution < 1.29 is 9.18 Å². The average Bonchev–Trinajstić information content (AvgIpc) is 2.83. The Bertz CT molecular complexity index is 888. The molecule has 3 rings (SSSR count). The summed E-state index contributed by atoms with van der Waals surface area (Å²) in [5, 5.41) is 4.66. The summed E-state index contributed by atoms with van der Waals surface area (Å²) >= 11 is 6.07. The van der Waals surface area contributed by atoms with Crippen LogP contribution in [0.2, 0.25) is 5.02 Å². The second-order valence-corrected chi connectivity index (χ2v) is 6.26. The van der Waals surface area contributed by atoms with Crippen LogP contribution >= 0.6 is 11.6 Å². The molecule has 24 heavy (non-hydrogen) atoms. The van der Waals surface area contributed by atoms with Gasteiger partial charge >= 0.3 is 0 Å². The Labute approximate surface area is 144 Å². The molecule has 0 bridgehead atoms. The fourth-order valence-electron chi connectivity index (χ4n) is 2.90. The summed E-state index contributed by atoms with van der Waals surface area (Å²) in [7, 11) is 0. The lowest BCUT2D eigenvalue weighted by Crippen LogP contribution is -2.27. The van der Waals surface area contributed by atoms with Crippen LogP contribution in [0.5, 0.6) is 0 Å². The number of amides is 1. The fourth-order valence-corrected chi connectivity index (χ4v) is 3.07. The molecule has 0 spiro atoms. The van der Waals surface area contributed by atoms with E-state index in [4.69, 9.17) is 11.6 Å². The first-order valence-electron chi connectivity index (χ1n) is 7.81. The van der Waals surface area contributed by atoms with Crippen molar-refractivity contribution in [1.82, 2.24) is 10.3 Å². The van der Waals surface area contributed by atoms with Crippen LogP contribution in [0.15, 0.2) is 42.5 Å². The van der Waals surface area contributed by atoms with E-state index in [2.05, 4.69) is 10.3 Å². The molecule has 124 valence electrons. The van der Waals surface area contributed by atoms with E-state index in [-0.39, 0.29) is 18.1 Å². The number of benzene rings is 2. The number of rotatable bonds is 5. The van der Waals surface area contributed by atoms with Gasteiger partial charge in [0.05, 0.1) is 6.42 Å². The van der Waals surface area contributed by atoms with Gasteiger partial charge in [-0.25, -0.2) is 4.39 Å². The summed E-state index contributed by atoms with van der Waals surface area (Å²) in [4.78, 5) is 15.3. The Hall–Kier alpha value is -2.33. The summed E-state index contributed by atoms with van der Waals surface area (Å²) in [6.45, 7) is 2.53. The number of carbonyl (C=O) groups is 1. The highest BCUT2D eigenvalue weighted by Gasteiger charge is 2.10. The fraction of sp³-hybridized carbons (Fsp3) is 0.211. The number of halogens is 2. The molecule has 3 aromatic rings. The maximum absolute atomic E-state index is 13.1. The molecule has 3 nitrogen and oxygen atoms in total. The van der Waals surface area contributed by atoms with Crippen LogP contribution in [0.25, 0.3) is 10.9 Å². The molecule has 0 fully saturated rings. The predicted octanol–water partition coefficient (Wildman–Crippen LogP) is 4.17. The Morgan fingerprint density at radius 2 is 2.08 bits per heavy atom. The highest BCUT2D eigenvalue weighted by molar-refractivity contribution is 6.31. The zero-order chi connectivity index (χ0) is 17.1. The lowest BCUT2D eigenvalue weighted by atomic mass is 10.1. The molecule has 5 heteroatoms. The van der Waals surface area contributed by atoms with Crippen molar-refractivity contribution in [1.29, 1.82) is 0 Å². The van der Waals surface area contributed by atoms with E-state index in [1.165, 1.54) is 12.1 Å². The molecule has 0 atom stereocenters. The van der Waals surface area contributed by atoms with Crippen LogP contribution in [0.4, 0.5) is 4.39 Å². The Morgan fingerprint density at radius 1 is 1.25 bits per heavy atom. The number of aryl methyl sites for hydroxylation is 1. The number of carbonyl (C=O) groups excluding carboxylic acids is 1. The number of aromatic nitrogens is 1. The summed E-state index contributed by atoms with van der Waals surface area (Å²) < 4.78 is 13.1. The number of hydrogen-bond acceptors (Lipinski definition) is 1. The molecular weight excluding hydrogens is 327 g/mol. The van der Waals surface area contributed by atoms with Crippen molar-refractivity contribution in [2.24, 2.45) is 0 Å². The second-order valence-electron chi connectivity index (χ2n) is 5.83. The molecule has 1 amide bonds. The standard InChI is InChI=1S/C19H18ClFN2O/c1-12-16(17-11-14(20)5-6-18(17)23-12)7-8-22-19(24)10-13-3-2-4-15(21)9-13/h2-6,9,11,23H,7-8,10H2,1H3,(H,22,24). The van der Waals surface area contributed by atoms with Crippen molar-refractivity contribution in [3.8, 4) is 0 Å². The van der Waals surface area contributed by atoms with E-state index in [0.717, 1.165) is 22.2 Å². The number of H-pyrrole nitrogens is 1. The zero-order valence-corrected chi connectivity index (χ0v) is 14.1. The van der Waals surface area contributed by atoms with Crippen molar-refractivity contribution in [3.63, 3.8) is 0 Å². The first-order valence-corrected chi connectivity index (χ1v) is 8.18. The van der Waals surface area contributed by atoms with Gasteiger partial charge in [-0.15, -0.1) is 0 Å². The number of nitrogens with one attached hydrogen (secondary N) is 2. The van der Waals surface area contributed by atoms with Crippen molar-refractivity contribution in [2.75, 3.05) is 6.54 Å². The first-order chi connectivity index (χ1) is 11.5. The van der Waals surface area contributed by atoms with Gasteiger partial charge in [0.2, 0.25) is 5.91 Å². The maximum Gasteiger partial charge on any atom is 0.224 e. The third-order valence-corrected chi connectivity index (χ3v) is 4.27. The van der Waals surface area contributed by atoms with E-state index in [1.807, 2.05) is 25.1 Å². The average molecular weight is 345 g/mol. The van der Waals surface area contributed by atoms with Crippen molar-refractivity contribution in [3.05, 3.63) is 70.1 Å². The Morgan fingerprint density at radius 3 is 2.88 bits per heavy atom. The maximum atomic E-state index is 13.1. The second kappa shape index (κ2) is 7.05.